The highest BCUT2D eigenvalue weighted by Crippen LogP contribution is 2.19. The van der Waals surface area contributed by atoms with E-state index in [-0.39, 0.29) is 30.7 Å². The molecule has 1 atom stereocenters. The number of methoxy groups -OCH3 is 1. The van der Waals surface area contributed by atoms with E-state index >= 15 is 0 Å². The Morgan fingerprint density at radius 2 is 2.21 bits per heavy atom. The van der Waals surface area contributed by atoms with Gasteiger partial charge in [-0.2, -0.15) is 0 Å². The van der Waals surface area contributed by atoms with E-state index in [0.29, 0.717) is 5.56 Å². The predicted octanol–water partition coefficient (Wildman–Crippen LogP) is 0.681. The van der Waals surface area contributed by atoms with E-state index in [1.165, 1.54) is 24.1 Å². The van der Waals surface area contributed by atoms with Gasteiger partial charge in [0.15, 0.2) is 11.6 Å². The Kier molecular flexibility index (Phi) is 3.69. The molecule has 1 fully saturated rings. The van der Waals surface area contributed by atoms with Gasteiger partial charge in [0.2, 0.25) is 11.8 Å². The summed E-state index contributed by atoms with van der Waals surface area (Å²) < 4.78 is 18.4. The number of nitrogens with zero attached hydrogens (tertiary/aromatic N) is 1. The highest BCUT2D eigenvalue weighted by Gasteiger charge is 2.29. The molecule has 1 unspecified atom stereocenters. The van der Waals surface area contributed by atoms with Crippen LogP contribution in [-0.4, -0.2) is 36.4 Å². The van der Waals surface area contributed by atoms with Crippen LogP contribution >= 0.6 is 0 Å². The lowest BCUT2D eigenvalue weighted by atomic mass is 10.1. The molecule has 19 heavy (non-hydrogen) atoms. The lowest BCUT2D eigenvalue weighted by Crippen LogP contribution is -2.56. The first kappa shape index (κ1) is 13.3. The molecule has 6 heteroatoms. The molecule has 1 N–H and O–H groups in total. The summed E-state index contributed by atoms with van der Waals surface area (Å²) in [6.45, 7) is 1.83. The van der Waals surface area contributed by atoms with Crippen molar-refractivity contribution in [3.05, 3.63) is 29.6 Å². The lowest BCUT2D eigenvalue weighted by molar-refractivity contribution is -0.144. The molecule has 0 spiro atoms. The fourth-order valence-corrected chi connectivity index (χ4v) is 2.04. The van der Waals surface area contributed by atoms with Gasteiger partial charge >= 0.3 is 0 Å². The Morgan fingerprint density at radius 3 is 2.84 bits per heavy atom. The molecular weight excluding hydrogens is 251 g/mol. The smallest absolute Gasteiger partial charge is 0.245 e. The number of hydrogen-bond donors (Lipinski definition) is 1. The Bertz CT molecular complexity index is 519. The zero-order chi connectivity index (χ0) is 14.0. The SMILES string of the molecule is COc1ccc(CN2CC(=O)NC(C)C2=O)cc1F. The summed E-state index contributed by atoms with van der Waals surface area (Å²) in [6, 6.07) is 3.95. The number of hydrogen-bond acceptors (Lipinski definition) is 3. The van der Waals surface area contributed by atoms with Gasteiger partial charge in [-0.15, -0.1) is 0 Å². The zero-order valence-electron chi connectivity index (χ0n) is 10.8. The lowest BCUT2D eigenvalue weighted by Gasteiger charge is -2.30. The van der Waals surface area contributed by atoms with E-state index in [1.807, 2.05) is 0 Å². The monoisotopic (exact) mass is 266 g/mol. The first-order valence-electron chi connectivity index (χ1n) is 5.92. The first-order chi connectivity index (χ1) is 9.01. The van der Waals surface area contributed by atoms with Crippen molar-refractivity contribution in [2.24, 2.45) is 0 Å². The van der Waals surface area contributed by atoms with Gasteiger partial charge in [0.25, 0.3) is 0 Å². The third-order valence-corrected chi connectivity index (χ3v) is 2.98. The topological polar surface area (TPSA) is 58.6 Å². The van der Waals surface area contributed by atoms with Crippen molar-refractivity contribution in [3.63, 3.8) is 0 Å². The second kappa shape index (κ2) is 5.26. The molecule has 102 valence electrons. The highest BCUT2D eigenvalue weighted by molar-refractivity contribution is 5.94. The number of halogens is 1. The van der Waals surface area contributed by atoms with E-state index in [9.17, 15) is 14.0 Å². The van der Waals surface area contributed by atoms with Crippen LogP contribution in [0.4, 0.5) is 4.39 Å². The van der Waals surface area contributed by atoms with Crippen LogP contribution < -0.4 is 10.1 Å². The van der Waals surface area contributed by atoms with Crippen molar-refractivity contribution >= 4 is 11.8 Å². The Morgan fingerprint density at radius 1 is 1.47 bits per heavy atom. The summed E-state index contributed by atoms with van der Waals surface area (Å²) in [6.07, 6.45) is 0. The van der Waals surface area contributed by atoms with Gasteiger partial charge in [0.05, 0.1) is 13.7 Å². The van der Waals surface area contributed by atoms with Crippen LogP contribution in [0.15, 0.2) is 18.2 Å². The van der Waals surface area contributed by atoms with Gasteiger partial charge in [-0.1, -0.05) is 6.07 Å². The number of rotatable bonds is 3. The van der Waals surface area contributed by atoms with Crippen LogP contribution in [0.25, 0.3) is 0 Å². The molecule has 1 saturated heterocycles. The molecule has 1 heterocycles. The summed E-state index contributed by atoms with van der Waals surface area (Å²) in [4.78, 5) is 24.7. The molecule has 0 radical (unpaired) electrons. The molecule has 2 rings (SSSR count). The second-order valence-corrected chi connectivity index (χ2v) is 4.45. The zero-order valence-corrected chi connectivity index (χ0v) is 10.8. The van der Waals surface area contributed by atoms with Crippen LogP contribution in [-0.2, 0) is 16.1 Å². The van der Waals surface area contributed by atoms with Crippen molar-refractivity contribution in [1.29, 1.82) is 0 Å². The van der Waals surface area contributed by atoms with Crippen molar-refractivity contribution < 1.29 is 18.7 Å². The number of carbonyl (C=O) groups excluding carboxylic acids is 2. The van der Waals surface area contributed by atoms with Gasteiger partial charge in [-0.05, 0) is 24.6 Å². The Hall–Kier alpha value is -2.11. The number of amides is 2. The Labute approximate surface area is 110 Å². The van der Waals surface area contributed by atoms with Crippen LogP contribution in [0.2, 0.25) is 0 Å². The van der Waals surface area contributed by atoms with Gasteiger partial charge in [-0.25, -0.2) is 4.39 Å². The molecule has 1 aliphatic heterocycles. The minimum Gasteiger partial charge on any atom is -0.494 e. The fraction of sp³-hybridized carbons (Fsp3) is 0.385. The maximum Gasteiger partial charge on any atom is 0.245 e. The molecule has 1 aromatic rings. The highest BCUT2D eigenvalue weighted by atomic mass is 19.1. The van der Waals surface area contributed by atoms with E-state index in [0.717, 1.165) is 0 Å². The molecule has 0 saturated carbocycles. The molecule has 2 amide bonds. The summed E-state index contributed by atoms with van der Waals surface area (Å²) in [5.74, 6) is -0.710. The minimum absolute atomic E-state index is 0.00315. The van der Waals surface area contributed by atoms with Gasteiger partial charge in [0.1, 0.15) is 6.04 Å². The molecule has 1 aliphatic rings. The number of ether oxygens (including phenoxy) is 1. The number of piperazine rings is 1. The van der Waals surface area contributed by atoms with Gasteiger partial charge < -0.3 is 15.0 Å². The van der Waals surface area contributed by atoms with Crippen molar-refractivity contribution in [1.82, 2.24) is 10.2 Å². The van der Waals surface area contributed by atoms with Crippen LogP contribution in [0.5, 0.6) is 5.75 Å². The van der Waals surface area contributed by atoms with Gasteiger partial charge in [-0.3, -0.25) is 9.59 Å². The van der Waals surface area contributed by atoms with E-state index in [1.54, 1.807) is 13.0 Å². The van der Waals surface area contributed by atoms with E-state index in [4.69, 9.17) is 4.74 Å². The van der Waals surface area contributed by atoms with Crippen LogP contribution in [0.1, 0.15) is 12.5 Å². The number of nitrogens with one attached hydrogen (secondary N) is 1. The summed E-state index contributed by atoms with van der Waals surface area (Å²) in [5, 5.41) is 2.55. The average molecular weight is 266 g/mol. The normalized spacial score (nSPS) is 19.3. The maximum absolute atomic E-state index is 13.5. The Balaban J connectivity index is 2.14. The second-order valence-electron chi connectivity index (χ2n) is 4.45. The van der Waals surface area contributed by atoms with Crippen molar-refractivity contribution in [2.75, 3.05) is 13.7 Å². The van der Waals surface area contributed by atoms with Crippen molar-refractivity contribution in [2.45, 2.75) is 19.5 Å². The van der Waals surface area contributed by atoms with Crippen molar-refractivity contribution in [3.8, 4) is 5.75 Å². The third kappa shape index (κ3) is 2.83. The summed E-state index contributed by atoms with van der Waals surface area (Å²) in [5.41, 5.74) is 0.619. The molecule has 0 aliphatic carbocycles. The number of carbonyl (C=O) groups is 2. The standard InChI is InChI=1S/C13H15FN2O3/c1-8-13(18)16(7-12(17)15-8)6-9-3-4-11(19-2)10(14)5-9/h3-5,8H,6-7H2,1-2H3,(H,15,17). The van der Waals surface area contributed by atoms with Gasteiger partial charge in [0, 0.05) is 6.54 Å². The minimum atomic E-state index is -0.538. The summed E-state index contributed by atoms with van der Waals surface area (Å²) in [7, 11) is 1.39. The van der Waals surface area contributed by atoms with Crippen LogP contribution in [0, 0.1) is 5.82 Å². The number of benzene rings is 1. The molecule has 0 aromatic heterocycles. The van der Waals surface area contributed by atoms with Crippen LogP contribution in [0.3, 0.4) is 0 Å². The molecule has 1 aromatic carbocycles. The predicted molar refractivity (Wildman–Crippen MR) is 66.0 cm³/mol. The molecular formula is C13H15FN2O3. The molecule has 0 bridgehead atoms. The van der Waals surface area contributed by atoms with E-state index < -0.39 is 11.9 Å². The average Bonchev–Trinajstić information content (AvgIpc) is 2.35. The molecule has 5 nitrogen and oxygen atoms in total. The maximum atomic E-state index is 13.5. The largest absolute Gasteiger partial charge is 0.494 e. The third-order valence-electron chi connectivity index (χ3n) is 2.98. The fourth-order valence-electron chi connectivity index (χ4n) is 2.04. The van der Waals surface area contributed by atoms with E-state index in [2.05, 4.69) is 5.32 Å². The first-order valence-corrected chi connectivity index (χ1v) is 5.92. The summed E-state index contributed by atoms with van der Waals surface area (Å²) >= 11 is 0. The quantitative estimate of drug-likeness (QED) is 0.875.